The van der Waals surface area contributed by atoms with Crippen LogP contribution in [0.2, 0.25) is 0 Å². The fourth-order valence-corrected chi connectivity index (χ4v) is 4.81. The van der Waals surface area contributed by atoms with Crippen LogP contribution >= 0.6 is 0 Å². The summed E-state index contributed by atoms with van der Waals surface area (Å²) < 4.78 is 0. The number of benzene rings is 1. The third-order valence-electron chi connectivity index (χ3n) is 6.40. The normalized spacial score (nSPS) is 22.6. The lowest BCUT2D eigenvalue weighted by atomic mass is 9.72. The lowest BCUT2D eigenvalue weighted by molar-refractivity contribution is 0.0954. The number of carbonyl (C=O) groups excluding carboxylic acids is 1. The maximum absolute atomic E-state index is 12.6. The third kappa shape index (κ3) is 5.12. The number of carbonyl (C=O) groups is 1. The van der Waals surface area contributed by atoms with Crippen LogP contribution < -0.4 is 10.3 Å². The third-order valence-corrected chi connectivity index (χ3v) is 6.40. The van der Waals surface area contributed by atoms with E-state index in [0.717, 1.165) is 31.1 Å². The van der Waals surface area contributed by atoms with E-state index < -0.39 is 0 Å². The number of amides is 1. The lowest BCUT2D eigenvalue weighted by Crippen LogP contribution is -2.31. The predicted molar refractivity (Wildman–Crippen MR) is 113 cm³/mol. The molecule has 1 aromatic carbocycles. The van der Waals surface area contributed by atoms with Crippen LogP contribution in [0.4, 0.5) is 5.69 Å². The Morgan fingerprint density at radius 3 is 2.33 bits per heavy atom. The van der Waals surface area contributed by atoms with Crippen LogP contribution in [0.25, 0.3) is 0 Å². The van der Waals surface area contributed by atoms with Crippen molar-refractivity contribution in [1.29, 1.82) is 0 Å². The number of rotatable bonds is 6. The van der Waals surface area contributed by atoms with Gasteiger partial charge in [-0.1, -0.05) is 25.7 Å². The van der Waals surface area contributed by atoms with Gasteiger partial charge in [-0.25, -0.2) is 5.43 Å². The Morgan fingerprint density at radius 1 is 1.00 bits per heavy atom. The molecule has 0 aliphatic heterocycles. The number of nitrogens with one attached hydrogen (secondary N) is 1. The van der Waals surface area contributed by atoms with Crippen molar-refractivity contribution in [2.24, 2.45) is 16.9 Å². The fourth-order valence-electron chi connectivity index (χ4n) is 4.81. The Balaban J connectivity index is 1.63. The Labute approximate surface area is 164 Å². The summed E-state index contributed by atoms with van der Waals surface area (Å²) in [6.45, 7) is 6.23. The van der Waals surface area contributed by atoms with Gasteiger partial charge < -0.3 is 4.90 Å². The van der Waals surface area contributed by atoms with E-state index in [4.69, 9.17) is 0 Å². The monoisotopic (exact) mass is 369 g/mol. The highest BCUT2D eigenvalue weighted by molar-refractivity contribution is 5.96. The van der Waals surface area contributed by atoms with Crippen LogP contribution in [0.1, 0.15) is 82.0 Å². The minimum Gasteiger partial charge on any atom is -0.372 e. The first-order chi connectivity index (χ1) is 13.2. The zero-order chi connectivity index (χ0) is 19.1. The maximum Gasteiger partial charge on any atom is 0.271 e. The highest BCUT2D eigenvalue weighted by Crippen LogP contribution is 2.36. The van der Waals surface area contributed by atoms with Crippen molar-refractivity contribution in [2.75, 3.05) is 18.0 Å². The molecule has 2 aliphatic rings. The van der Waals surface area contributed by atoms with Gasteiger partial charge in [0.25, 0.3) is 5.91 Å². The molecule has 1 amide bonds. The van der Waals surface area contributed by atoms with Crippen molar-refractivity contribution in [3.8, 4) is 0 Å². The molecular formula is C23H35N3O. The zero-order valence-corrected chi connectivity index (χ0v) is 17.0. The van der Waals surface area contributed by atoms with Gasteiger partial charge in [0.1, 0.15) is 0 Å². The second-order valence-electron chi connectivity index (χ2n) is 8.01. The SMILES string of the molecule is CCN(CC)c1ccc(C(=O)N/N=C2\CCCCC2C2CCCCC2)cc1. The molecule has 1 atom stereocenters. The number of anilines is 1. The van der Waals surface area contributed by atoms with Crippen molar-refractivity contribution in [1.82, 2.24) is 5.43 Å². The molecule has 0 spiro atoms. The molecule has 1 aromatic rings. The standard InChI is InChI=1S/C23H35N3O/c1-3-26(4-2)20-16-14-19(15-17-20)23(27)25-24-22-13-9-8-12-21(22)18-10-6-5-7-11-18/h14-18,21H,3-13H2,1-2H3,(H,25,27)/b24-22+. The summed E-state index contributed by atoms with van der Waals surface area (Å²) in [5.74, 6) is 1.27. The second kappa shape index (κ2) is 9.91. The summed E-state index contributed by atoms with van der Waals surface area (Å²) in [5, 5.41) is 4.61. The number of hydrogen-bond acceptors (Lipinski definition) is 3. The predicted octanol–water partition coefficient (Wildman–Crippen LogP) is 5.39. The largest absolute Gasteiger partial charge is 0.372 e. The first kappa shape index (κ1) is 19.9. The van der Waals surface area contributed by atoms with E-state index in [1.807, 2.05) is 24.3 Å². The molecule has 1 N–H and O–H groups in total. The van der Waals surface area contributed by atoms with E-state index in [2.05, 4.69) is 29.3 Å². The van der Waals surface area contributed by atoms with E-state index in [1.165, 1.54) is 57.1 Å². The Hall–Kier alpha value is -1.84. The Kier molecular flexibility index (Phi) is 7.31. The van der Waals surface area contributed by atoms with Crippen LogP contribution in [-0.2, 0) is 0 Å². The summed E-state index contributed by atoms with van der Waals surface area (Å²) in [4.78, 5) is 14.8. The summed E-state index contributed by atoms with van der Waals surface area (Å²) in [6.07, 6.45) is 11.6. The van der Waals surface area contributed by atoms with Gasteiger partial charge in [0.15, 0.2) is 0 Å². The molecule has 3 rings (SSSR count). The van der Waals surface area contributed by atoms with Crippen molar-refractivity contribution in [3.05, 3.63) is 29.8 Å². The van der Waals surface area contributed by atoms with Gasteiger partial charge in [0, 0.05) is 36.0 Å². The molecule has 2 saturated carbocycles. The van der Waals surface area contributed by atoms with E-state index in [-0.39, 0.29) is 5.91 Å². The maximum atomic E-state index is 12.6. The fraction of sp³-hybridized carbons (Fsp3) is 0.652. The van der Waals surface area contributed by atoms with Crippen molar-refractivity contribution >= 4 is 17.3 Å². The quantitative estimate of drug-likeness (QED) is 0.683. The van der Waals surface area contributed by atoms with Gasteiger partial charge in [-0.15, -0.1) is 0 Å². The molecule has 4 heteroatoms. The summed E-state index contributed by atoms with van der Waals surface area (Å²) in [6, 6.07) is 7.87. The highest BCUT2D eigenvalue weighted by atomic mass is 16.2. The van der Waals surface area contributed by atoms with Crippen LogP contribution in [0.3, 0.4) is 0 Å². The lowest BCUT2D eigenvalue weighted by Gasteiger charge is -2.33. The molecule has 0 radical (unpaired) electrons. The molecule has 1 unspecified atom stereocenters. The van der Waals surface area contributed by atoms with E-state index >= 15 is 0 Å². The minimum atomic E-state index is -0.0958. The van der Waals surface area contributed by atoms with Crippen molar-refractivity contribution in [3.63, 3.8) is 0 Å². The van der Waals surface area contributed by atoms with Gasteiger partial charge in [0.05, 0.1) is 0 Å². The molecule has 0 saturated heterocycles. The highest BCUT2D eigenvalue weighted by Gasteiger charge is 2.29. The van der Waals surface area contributed by atoms with E-state index in [9.17, 15) is 4.79 Å². The van der Waals surface area contributed by atoms with Crippen molar-refractivity contribution in [2.45, 2.75) is 71.6 Å². The molecule has 4 nitrogen and oxygen atoms in total. The molecule has 2 aliphatic carbocycles. The zero-order valence-electron chi connectivity index (χ0n) is 17.0. The van der Waals surface area contributed by atoms with Crippen LogP contribution in [0, 0.1) is 11.8 Å². The average molecular weight is 370 g/mol. The Bertz CT molecular complexity index is 628. The van der Waals surface area contributed by atoms with Gasteiger partial charge in [-0.2, -0.15) is 5.10 Å². The first-order valence-electron chi connectivity index (χ1n) is 10.9. The van der Waals surface area contributed by atoms with E-state index in [1.54, 1.807) is 0 Å². The molecule has 0 bridgehead atoms. The minimum absolute atomic E-state index is 0.0958. The van der Waals surface area contributed by atoms with Crippen LogP contribution in [0.5, 0.6) is 0 Å². The van der Waals surface area contributed by atoms with Gasteiger partial charge in [-0.3, -0.25) is 4.79 Å². The first-order valence-corrected chi connectivity index (χ1v) is 10.9. The van der Waals surface area contributed by atoms with Crippen molar-refractivity contribution < 1.29 is 4.79 Å². The topological polar surface area (TPSA) is 44.7 Å². The number of hydrogen-bond donors (Lipinski definition) is 1. The Morgan fingerprint density at radius 2 is 1.67 bits per heavy atom. The number of nitrogens with zero attached hydrogens (tertiary/aromatic N) is 2. The molecular weight excluding hydrogens is 334 g/mol. The van der Waals surface area contributed by atoms with Crippen LogP contribution in [-0.4, -0.2) is 24.7 Å². The summed E-state index contributed by atoms with van der Waals surface area (Å²) in [5.41, 5.74) is 5.93. The molecule has 0 aromatic heterocycles. The van der Waals surface area contributed by atoms with Crippen LogP contribution in [0.15, 0.2) is 29.4 Å². The van der Waals surface area contributed by atoms with Gasteiger partial charge >= 0.3 is 0 Å². The molecule has 148 valence electrons. The summed E-state index contributed by atoms with van der Waals surface area (Å²) in [7, 11) is 0. The summed E-state index contributed by atoms with van der Waals surface area (Å²) >= 11 is 0. The smallest absolute Gasteiger partial charge is 0.271 e. The molecule has 2 fully saturated rings. The molecule has 0 heterocycles. The van der Waals surface area contributed by atoms with E-state index in [0.29, 0.717) is 11.5 Å². The van der Waals surface area contributed by atoms with Gasteiger partial charge in [-0.05, 0) is 76.1 Å². The number of hydrazone groups is 1. The second-order valence-corrected chi connectivity index (χ2v) is 8.01. The van der Waals surface area contributed by atoms with Gasteiger partial charge in [0.2, 0.25) is 0 Å². The molecule has 27 heavy (non-hydrogen) atoms. The average Bonchev–Trinajstić information content (AvgIpc) is 2.74.